The number of rotatable bonds is 10. The summed E-state index contributed by atoms with van der Waals surface area (Å²) in [6, 6.07) is 57.0. The van der Waals surface area contributed by atoms with E-state index in [-0.39, 0.29) is 66.8 Å². The number of ether oxygens (including phenoxy) is 1. The van der Waals surface area contributed by atoms with E-state index in [1.165, 1.54) is 11.1 Å². The van der Waals surface area contributed by atoms with Crippen LogP contribution < -0.4 is 14.5 Å². The third kappa shape index (κ3) is 11.2. The summed E-state index contributed by atoms with van der Waals surface area (Å²) in [6.07, 6.45) is 1.89. The second-order valence-electron chi connectivity index (χ2n) is 28.7. The van der Waals surface area contributed by atoms with Crippen LogP contribution in [0.5, 0.6) is 11.5 Å². The van der Waals surface area contributed by atoms with Crippen LogP contribution in [0.1, 0.15) is 163 Å². The van der Waals surface area contributed by atoms with Gasteiger partial charge in [0.2, 0.25) is 0 Å². The number of fused-ring (bicyclic) bond motifs is 8. The number of benzene rings is 9. The Hall–Kier alpha value is -8.18. The summed E-state index contributed by atoms with van der Waals surface area (Å²) in [4.78, 5) is 9.34. The van der Waals surface area contributed by atoms with Crippen molar-refractivity contribution in [3.63, 3.8) is 0 Å². The van der Waals surface area contributed by atoms with Crippen LogP contribution in [0, 0.1) is 18.8 Å². The van der Waals surface area contributed by atoms with Crippen molar-refractivity contribution in [2.24, 2.45) is 0 Å². The van der Waals surface area contributed by atoms with Gasteiger partial charge in [-0.3, -0.25) is 0 Å². The van der Waals surface area contributed by atoms with Crippen molar-refractivity contribution in [3.05, 3.63) is 234 Å². The monoisotopic (exact) mass is 1350 g/mol. The van der Waals surface area contributed by atoms with Crippen molar-refractivity contribution in [2.75, 3.05) is 9.80 Å². The van der Waals surface area contributed by atoms with Crippen molar-refractivity contribution in [1.29, 1.82) is 0 Å². The third-order valence-corrected chi connectivity index (χ3v) is 17.6. The van der Waals surface area contributed by atoms with E-state index in [0.29, 0.717) is 28.4 Å². The van der Waals surface area contributed by atoms with Gasteiger partial charge in [-0.25, -0.2) is 4.98 Å². The van der Waals surface area contributed by atoms with Gasteiger partial charge < -0.3 is 23.5 Å². The zero-order valence-electron chi connectivity index (χ0n) is 59.1. The SMILES string of the molecule is [2H]c1c([2H])c([2H])c(-c2cc(C(C)(C)C)cc(-c3cc(C(C)(C)C)cc(C(C)(C)C)c3)c2N2[CH-]N(c3[c-]c(Oc4[c-]c5c(cc4)c4c6oc7ccccc7c6ccc4n5-c4cc(C(C)(C)C)ccn4)cc(-c4c(C(C)C)cccc4C(C)C)c3)c3ccccc32)c([2H])c1[2H].[Pt]. The predicted octanol–water partition coefficient (Wildman–Crippen LogP) is 23.3. The normalized spacial score (nSPS) is 14.0. The second-order valence-corrected chi connectivity index (χ2v) is 28.7. The topological polar surface area (TPSA) is 46.7 Å². The fourth-order valence-electron chi connectivity index (χ4n) is 12.6. The Balaban J connectivity index is 0.00000848. The smallest absolute Gasteiger partial charge is 0.135 e. The summed E-state index contributed by atoms with van der Waals surface area (Å²) >= 11 is 0. The molecule has 0 unspecified atom stereocenters. The minimum atomic E-state index is -0.445. The van der Waals surface area contributed by atoms with E-state index < -0.39 is 23.5 Å². The summed E-state index contributed by atoms with van der Waals surface area (Å²) in [5.41, 5.74) is 16.6. The zero-order valence-corrected chi connectivity index (χ0v) is 56.4. The summed E-state index contributed by atoms with van der Waals surface area (Å²) < 4.78 is 62.6. The number of furan rings is 1. The molecule has 12 aromatic rings. The molecular weight excluding hydrogens is 1270 g/mol. The minimum absolute atomic E-state index is 0. The largest absolute Gasteiger partial charge is 0.509 e. The van der Waals surface area contributed by atoms with Gasteiger partial charge in [0.25, 0.3) is 0 Å². The van der Waals surface area contributed by atoms with Crippen molar-refractivity contribution in [2.45, 2.75) is 144 Å². The molecule has 1 aliphatic heterocycles. The molecule has 0 saturated heterocycles. The molecule has 9 aromatic carbocycles. The molecule has 0 saturated carbocycles. The fraction of sp³-hybridized carbons (Fsp3) is 0.268. The van der Waals surface area contributed by atoms with Gasteiger partial charge in [0, 0.05) is 83.2 Å². The quantitative estimate of drug-likeness (QED) is 0.128. The summed E-state index contributed by atoms with van der Waals surface area (Å²) in [7, 11) is 0. The van der Waals surface area contributed by atoms with Crippen LogP contribution >= 0.6 is 0 Å². The zero-order chi connectivity index (χ0) is 66.3. The number of nitrogens with zero attached hydrogens (tertiary/aromatic N) is 4. The average molecular weight is 1350 g/mol. The number of pyridine rings is 1. The van der Waals surface area contributed by atoms with Crippen molar-refractivity contribution >= 4 is 66.5 Å². The Bertz CT molecular complexity index is 4920. The molecule has 454 valence electrons. The Morgan fingerprint density at radius 3 is 1.76 bits per heavy atom. The molecule has 3 aromatic heterocycles. The molecule has 0 aliphatic carbocycles. The van der Waals surface area contributed by atoms with Gasteiger partial charge in [-0.1, -0.05) is 219 Å². The summed E-state index contributed by atoms with van der Waals surface area (Å²) in [6.45, 7) is 37.6. The molecule has 0 atom stereocenters. The van der Waals surface area contributed by atoms with E-state index in [2.05, 4.69) is 247 Å². The molecule has 4 heterocycles. The molecular formula is C82H81N4O2Pt-3. The molecule has 0 amide bonds. The number of hydrogen-bond donors (Lipinski definition) is 0. The molecule has 0 N–H and O–H groups in total. The van der Waals surface area contributed by atoms with Gasteiger partial charge in [-0.05, 0) is 144 Å². The average Bonchev–Trinajstić information content (AvgIpc) is 1.55. The van der Waals surface area contributed by atoms with Crippen LogP contribution in [0.2, 0.25) is 0 Å². The Labute approximate surface area is 548 Å². The van der Waals surface area contributed by atoms with E-state index in [1.807, 2.05) is 48.7 Å². The second kappa shape index (κ2) is 22.7. The van der Waals surface area contributed by atoms with Crippen LogP contribution in [-0.2, 0) is 42.7 Å². The molecule has 13 rings (SSSR count). The maximum atomic E-state index is 9.68. The first kappa shape index (κ1) is 54.9. The number of anilines is 4. The van der Waals surface area contributed by atoms with E-state index in [4.69, 9.17) is 18.3 Å². The third-order valence-electron chi connectivity index (χ3n) is 17.6. The van der Waals surface area contributed by atoms with E-state index in [1.54, 1.807) is 0 Å². The Morgan fingerprint density at radius 1 is 0.528 bits per heavy atom. The molecule has 0 spiro atoms. The Kier molecular flexibility index (Phi) is 14.0. The van der Waals surface area contributed by atoms with Gasteiger partial charge in [0.15, 0.2) is 0 Å². The first-order valence-electron chi connectivity index (χ1n) is 33.5. The first-order chi connectivity index (χ1) is 43.9. The van der Waals surface area contributed by atoms with Crippen molar-refractivity contribution in [1.82, 2.24) is 9.55 Å². The maximum Gasteiger partial charge on any atom is 0.135 e. The van der Waals surface area contributed by atoms with Crippen LogP contribution in [0.4, 0.5) is 22.7 Å². The van der Waals surface area contributed by atoms with E-state index in [9.17, 15) is 2.74 Å². The van der Waals surface area contributed by atoms with Crippen LogP contribution in [-0.4, -0.2) is 9.55 Å². The first-order valence-corrected chi connectivity index (χ1v) is 31.0. The van der Waals surface area contributed by atoms with Gasteiger partial charge >= 0.3 is 0 Å². The molecule has 0 bridgehead atoms. The van der Waals surface area contributed by atoms with Gasteiger partial charge in [0.1, 0.15) is 17.0 Å². The minimum Gasteiger partial charge on any atom is -0.509 e. The van der Waals surface area contributed by atoms with Crippen LogP contribution in [0.3, 0.4) is 0 Å². The molecule has 7 heteroatoms. The maximum absolute atomic E-state index is 9.68. The molecule has 0 fully saturated rings. The molecule has 6 nitrogen and oxygen atoms in total. The van der Waals surface area contributed by atoms with E-state index >= 15 is 0 Å². The van der Waals surface area contributed by atoms with Crippen LogP contribution in [0.25, 0.3) is 82.9 Å². The standard InChI is InChI=1S/C82H81N4O2.Pt/c1-50(2)62-28-24-29-63(51(3)4)75(62)54-41-59(47-61(42-54)87-60-33-34-66-72(48-60)86(74-46-55(37-38-83-74)79(5,6)7)71-36-35-65-64-27-20-23-32-73(64)88-78(65)76(66)71)84-49-85(70-31-22-21-30-69(70)84)77-67(52-25-18-17-19-26-52)44-58(82(14,15)16)45-68(77)53-39-56(80(8,9)10)43-57(40-53)81(11,12)13;/h17-46,49-51H,1-16H3;/q-3;/i17D,18D,19D,25D,26D;. The van der Waals surface area contributed by atoms with Crippen LogP contribution in [0.15, 0.2) is 186 Å². The summed E-state index contributed by atoms with van der Waals surface area (Å²) in [5, 5.41) is 3.98. The van der Waals surface area contributed by atoms with E-state index in [0.717, 1.165) is 105 Å². The molecule has 0 radical (unpaired) electrons. The van der Waals surface area contributed by atoms with Crippen molar-refractivity contribution < 1.29 is 37.1 Å². The number of para-hydroxylation sites is 3. The summed E-state index contributed by atoms with van der Waals surface area (Å²) in [5.74, 6) is 2.05. The predicted molar refractivity (Wildman–Crippen MR) is 371 cm³/mol. The van der Waals surface area contributed by atoms with Gasteiger partial charge in [-0.15, -0.1) is 48.3 Å². The molecule has 89 heavy (non-hydrogen) atoms. The van der Waals surface area contributed by atoms with Gasteiger partial charge in [0.05, 0.1) is 6.85 Å². The Morgan fingerprint density at radius 2 is 1.12 bits per heavy atom. The van der Waals surface area contributed by atoms with Gasteiger partial charge in [-0.2, -0.15) is 6.07 Å². The van der Waals surface area contributed by atoms with Crippen molar-refractivity contribution in [3.8, 4) is 50.7 Å². The molecule has 1 aliphatic rings. The number of hydrogen-bond acceptors (Lipinski definition) is 5. The number of aromatic nitrogens is 2. The fourth-order valence-corrected chi connectivity index (χ4v) is 12.6.